The molecular formula is C21H19F3N4O3. The zero-order chi connectivity index (χ0) is 21.8. The van der Waals surface area contributed by atoms with E-state index in [9.17, 15) is 13.6 Å². The van der Waals surface area contributed by atoms with Crippen LogP contribution in [0.3, 0.4) is 0 Å². The fraction of sp³-hybridized carbons (Fsp3) is 0.238. The molecule has 1 saturated heterocycles. The molecule has 1 aliphatic rings. The van der Waals surface area contributed by atoms with Gasteiger partial charge in [0.25, 0.3) is 5.91 Å². The van der Waals surface area contributed by atoms with Crippen molar-refractivity contribution in [3.8, 4) is 5.75 Å². The van der Waals surface area contributed by atoms with Crippen molar-refractivity contribution in [2.75, 3.05) is 24.6 Å². The number of ether oxygens (including phenoxy) is 2. The molecule has 1 atom stereocenters. The Morgan fingerprint density at radius 3 is 2.81 bits per heavy atom. The van der Waals surface area contributed by atoms with Crippen molar-refractivity contribution < 1.29 is 27.4 Å². The second-order valence-corrected chi connectivity index (χ2v) is 6.78. The van der Waals surface area contributed by atoms with Gasteiger partial charge < -0.3 is 14.8 Å². The first kappa shape index (κ1) is 20.9. The number of halogens is 3. The quantitative estimate of drug-likeness (QED) is 0.620. The number of morpholine rings is 1. The molecule has 1 aromatic heterocycles. The molecule has 31 heavy (non-hydrogen) atoms. The number of nitrogens with one attached hydrogen (secondary N) is 2. The molecule has 7 nitrogen and oxygen atoms in total. The molecule has 0 spiro atoms. The molecule has 0 unspecified atom stereocenters. The minimum Gasteiger partial charge on any atom is -0.435 e. The Bertz CT molecular complexity index is 1040. The van der Waals surface area contributed by atoms with Gasteiger partial charge in [-0.05, 0) is 29.8 Å². The minimum absolute atomic E-state index is 0.0482. The van der Waals surface area contributed by atoms with E-state index >= 15 is 4.39 Å². The molecule has 0 aliphatic carbocycles. The molecule has 10 heteroatoms. The number of aromatic nitrogens is 2. The highest BCUT2D eigenvalue weighted by Crippen LogP contribution is 2.34. The normalized spacial score (nSPS) is 16.3. The SMILES string of the molecule is O=C(c1cn[nH]c1)N(c1cccc(OC(F)F)c1)c1ccc([C@H]2CNCCO2)cc1F. The number of alkyl halides is 2. The maximum Gasteiger partial charge on any atom is 0.387 e. The number of hydrogen-bond donors (Lipinski definition) is 2. The minimum atomic E-state index is -3.03. The lowest BCUT2D eigenvalue weighted by Gasteiger charge is -2.26. The van der Waals surface area contributed by atoms with Crippen molar-refractivity contribution in [1.82, 2.24) is 15.5 Å². The van der Waals surface area contributed by atoms with Gasteiger partial charge in [0.05, 0.1) is 35.8 Å². The molecule has 0 radical (unpaired) electrons. The summed E-state index contributed by atoms with van der Waals surface area (Å²) in [7, 11) is 0. The van der Waals surface area contributed by atoms with Crippen LogP contribution >= 0.6 is 0 Å². The maximum atomic E-state index is 15.2. The number of carbonyl (C=O) groups excluding carboxylic acids is 1. The fourth-order valence-electron chi connectivity index (χ4n) is 3.35. The Morgan fingerprint density at radius 1 is 1.26 bits per heavy atom. The molecule has 1 aliphatic heterocycles. The standard InChI is InChI=1S/C21H19F3N4O3/c22-17-8-13(19-12-25-6-7-30-19)4-5-18(17)28(20(29)14-10-26-27-11-14)15-2-1-3-16(9-15)31-21(23)24/h1-5,8-11,19,21,25H,6-7,12H2,(H,26,27)/t19-/m1/s1. The van der Waals surface area contributed by atoms with Gasteiger partial charge in [-0.3, -0.25) is 14.8 Å². The topological polar surface area (TPSA) is 79.5 Å². The second kappa shape index (κ2) is 9.19. The van der Waals surface area contributed by atoms with E-state index in [1.807, 2.05) is 0 Å². The molecule has 2 heterocycles. The third-order valence-electron chi connectivity index (χ3n) is 4.76. The monoisotopic (exact) mass is 432 g/mol. The molecule has 0 saturated carbocycles. The Balaban J connectivity index is 1.74. The molecule has 1 amide bonds. The van der Waals surface area contributed by atoms with E-state index in [4.69, 9.17) is 4.74 Å². The molecule has 1 fully saturated rings. The van der Waals surface area contributed by atoms with Gasteiger partial charge in [0, 0.05) is 25.4 Å². The predicted octanol–water partition coefficient (Wildman–Crippen LogP) is 3.79. The summed E-state index contributed by atoms with van der Waals surface area (Å²) in [6, 6.07) is 9.94. The zero-order valence-electron chi connectivity index (χ0n) is 16.2. The lowest BCUT2D eigenvalue weighted by molar-refractivity contribution is -0.0498. The van der Waals surface area contributed by atoms with Crippen LogP contribution in [0.25, 0.3) is 0 Å². The molecule has 2 N–H and O–H groups in total. The van der Waals surface area contributed by atoms with Gasteiger partial charge in [0.15, 0.2) is 0 Å². The van der Waals surface area contributed by atoms with Crippen molar-refractivity contribution in [2.45, 2.75) is 12.7 Å². The highest BCUT2D eigenvalue weighted by Gasteiger charge is 2.25. The van der Waals surface area contributed by atoms with E-state index in [-0.39, 0.29) is 28.8 Å². The molecular weight excluding hydrogens is 413 g/mol. The van der Waals surface area contributed by atoms with E-state index in [2.05, 4.69) is 20.3 Å². The van der Waals surface area contributed by atoms with Crippen LogP contribution in [0.2, 0.25) is 0 Å². The number of benzene rings is 2. The van der Waals surface area contributed by atoms with Gasteiger partial charge >= 0.3 is 6.61 Å². The van der Waals surface area contributed by atoms with Crippen LogP contribution in [0.15, 0.2) is 54.9 Å². The number of hydrogen-bond acceptors (Lipinski definition) is 5. The van der Waals surface area contributed by atoms with Crippen LogP contribution < -0.4 is 15.0 Å². The fourth-order valence-corrected chi connectivity index (χ4v) is 3.35. The van der Waals surface area contributed by atoms with Gasteiger partial charge in [0.2, 0.25) is 0 Å². The summed E-state index contributed by atoms with van der Waals surface area (Å²) < 4.78 is 50.6. The predicted molar refractivity (Wildman–Crippen MR) is 106 cm³/mol. The average Bonchev–Trinajstić information content (AvgIpc) is 3.30. The number of H-pyrrole nitrogens is 1. The summed E-state index contributed by atoms with van der Waals surface area (Å²) in [6.07, 6.45) is 2.35. The van der Waals surface area contributed by atoms with Crippen LogP contribution in [-0.4, -0.2) is 42.4 Å². The molecule has 3 aromatic rings. The van der Waals surface area contributed by atoms with Crippen molar-refractivity contribution in [3.63, 3.8) is 0 Å². The van der Waals surface area contributed by atoms with Crippen LogP contribution in [0, 0.1) is 5.82 Å². The summed E-state index contributed by atoms with van der Waals surface area (Å²) in [5, 5.41) is 9.47. The summed E-state index contributed by atoms with van der Waals surface area (Å²) >= 11 is 0. The number of nitrogens with zero attached hydrogens (tertiary/aromatic N) is 2. The summed E-state index contributed by atoms with van der Waals surface area (Å²) in [6.45, 7) is -1.26. The first-order chi connectivity index (χ1) is 15.0. The maximum absolute atomic E-state index is 15.2. The van der Waals surface area contributed by atoms with Crippen LogP contribution in [0.5, 0.6) is 5.75 Å². The van der Waals surface area contributed by atoms with Crippen molar-refractivity contribution in [2.24, 2.45) is 0 Å². The lowest BCUT2D eigenvalue weighted by Crippen LogP contribution is -2.33. The van der Waals surface area contributed by atoms with E-state index in [0.717, 1.165) is 11.4 Å². The van der Waals surface area contributed by atoms with E-state index in [1.165, 1.54) is 48.8 Å². The van der Waals surface area contributed by atoms with Gasteiger partial charge in [-0.25, -0.2) is 4.39 Å². The number of rotatable bonds is 6. The van der Waals surface area contributed by atoms with E-state index < -0.39 is 18.3 Å². The van der Waals surface area contributed by atoms with E-state index in [0.29, 0.717) is 18.7 Å². The highest BCUT2D eigenvalue weighted by atomic mass is 19.3. The van der Waals surface area contributed by atoms with Gasteiger partial charge in [0.1, 0.15) is 11.6 Å². The van der Waals surface area contributed by atoms with E-state index in [1.54, 1.807) is 6.07 Å². The Morgan fingerprint density at radius 2 is 2.13 bits per heavy atom. The van der Waals surface area contributed by atoms with Gasteiger partial charge in [-0.2, -0.15) is 13.9 Å². The highest BCUT2D eigenvalue weighted by molar-refractivity contribution is 6.10. The first-order valence-corrected chi connectivity index (χ1v) is 9.53. The third kappa shape index (κ3) is 4.70. The Hall–Kier alpha value is -3.37. The van der Waals surface area contributed by atoms with Crippen LogP contribution in [0.4, 0.5) is 24.5 Å². The van der Waals surface area contributed by atoms with Crippen molar-refractivity contribution >= 4 is 17.3 Å². The van der Waals surface area contributed by atoms with Crippen LogP contribution in [0.1, 0.15) is 22.0 Å². The van der Waals surface area contributed by atoms with Gasteiger partial charge in [-0.1, -0.05) is 12.1 Å². The first-order valence-electron chi connectivity index (χ1n) is 9.53. The summed E-state index contributed by atoms with van der Waals surface area (Å²) in [5.74, 6) is -1.41. The number of aromatic amines is 1. The van der Waals surface area contributed by atoms with Gasteiger partial charge in [-0.15, -0.1) is 0 Å². The average molecular weight is 432 g/mol. The molecule has 162 valence electrons. The molecule has 0 bridgehead atoms. The summed E-state index contributed by atoms with van der Waals surface area (Å²) in [4.78, 5) is 14.2. The lowest BCUT2D eigenvalue weighted by atomic mass is 10.1. The molecule has 4 rings (SSSR count). The van der Waals surface area contributed by atoms with Crippen molar-refractivity contribution in [1.29, 1.82) is 0 Å². The van der Waals surface area contributed by atoms with Crippen LogP contribution in [-0.2, 0) is 4.74 Å². The smallest absolute Gasteiger partial charge is 0.387 e. The number of anilines is 2. The summed E-state index contributed by atoms with van der Waals surface area (Å²) in [5.41, 5.74) is 0.905. The largest absolute Gasteiger partial charge is 0.435 e. The molecule has 2 aromatic carbocycles. The number of carbonyl (C=O) groups is 1. The number of amides is 1. The zero-order valence-corrected chi connectivity index (χ0v) is 16.2. The van der Waals surface area contributed by atoms with Crippen molar-refractivity contribution in [3.05, 3.63) is 71.8 Å². The Labute approximate surface area is 175 Å². The Kier molecular flexibility index (Phi) is 6.19. The third-order valence-corrected chi connectivity index (χ3v) is 4.76. The second-order valence-electron chi connectivity index (χ2n) is 6.78.